The highest BCUT2D eigenvalue weighted by atomic mass is 32.2. The molecule has 0 aliphatic rings. The first kappa shape index (κ1) is 22.1. The van der Waals surface area contributed by atoms with Gasteiger partial charge in [0.05, 0.1) is 10.9 Å². The molecule has 0 heterocycles. The molecule has 0 saturated carbocycles. The second-order valence-electron chi connectivity index (χ2n) is 7.33. The lowest BCUT2D eigenvalue weighted by Crippen LogP contribution is -2.39. The Balaban J connectivity index is 2.13. The number of hydrogen-bond donors (Lipinski definition) is 1. The van der Waals surface area contributed by atoms with Gasteiger partial charge in [0.2, 0.25) is 15.9 Å². The molecule has 6 nitrogen and oxygen atoms in total. The molecule has 0 spiro atoms. The first-order chi connectivity index (χ1) is 13.0. The summed E-state index contributed by atoms with van der Waals surface area (Å²) in [5, 5.41) is 2.87. The maximum Gasteiger partial charge on any atom is 0.242 e. The van der Waals surface area contributed by atoms with E-state index in [1.807, 2.05) is 44.9 Å². The molecule has 2 aromatic rings. The first-order valence-electron chi connectivity index (χ1n) is 9.12. The number of benzene rings is 2. The molecule has 0 radical (unpaired) electrons. The van der Waals surface area contributed by atoms with E-state index in [0.29, 0.717) is 12.2 Å². The summed E-state index contributed by atoms with van der Waals surface area (Å²) in [5.74, 6) is -0.183. The number of nitrogens with one attached hydrogen (secondary N) is 1. The zero-order valence-corrected chi connectivity index (χ0v) is 18.2. The lowest BCUT2D eigenvalue weighted by molar-refractivity contribution is -0.120. The van der Waals surface area contributed by atoms with Crippen LogP contribution in [0.1, 0.15) is 23.6 Å². The van der Waals surface area contributed by atoms with Gasteiger partial charge in [-0.2, -0.15) is 0 Å². The van der Waals surface area contributed by atoms with E-state index in [1.54, 1.807) is 12.1 Å². The minimum absolute atomic E-state index is 0.152. The molecule has 0 aliphatic heterocycles. The van der Waals surface area contributed by atoms with Gasteiger partial charge in [-0.1, -0.05) is 35.9 Å². The van der Waals surface area contributed by atoms with Crippen LogP contribution in [0.5, 0.6) is 0 Å². The average molecular weight is 404 g/mol. The zero-order valence-electron chi connectivity index (χ0n) is 17.4. The van der Waals surface area contributed by atoms with E-state index >= 15 is 0 Å². The van der Waals surface area contributed by atoms with Crippen LogP contribution in [-0.2, 0) is 21.4 Å². The van der Waals surface area contributed by atoms with Gasteiger partial charge in [0, 0.05) is 26.3 Å². The van der Waals surface area contributed by atoms with E-state index in [9.17, 15) is 13.2 Å². The van der Waals surface area contributed by atoms with Crippen molar-refractivity contribution in [2.24, 2.45) is 0 Å². The smallest absolute Gasteiger partial charge is 0.242 e. The van der Waals surface area contributed by atoms with Crippen molar-refractivity contribution < 1.29 is 13.2 Å². The van der Waals surface area contributed by atoms with E-state index in [2.05, 4.69) is 17.4 Å². The normalized spacial score (nSPS) is 13.0. The summed E-state index contributed by atoms with van der Waals surface area (Å²) in [5.41, 5.74) is 3.63. The Labute approximate surface area is 168 Å². The van der Waals surface area contributed by atoms with Crippen LogP contribution >= 0.6 is 0 Å². The number of aryl methyl sites for hydroxylation is 2. The van der Waals surface area contributed by atoms with Gasteiger partial charge in [0.1, 0.15) is 0 Å². The van der Waals surface area contributed by atoms with Gasteiger partial charge < -0.3 is 5.32 Å². The van der Waals surface area contributed by atoms with Gasteiger partial charge in [-0.15, -0.1) is 0 Å². The molecule has 0 fully saturated rings. The largest absolute Gasteiger partial charge is 0.324 e. The molecule has 1 amide bonds. The van der Waals surface area contributed by atoms with E-state index in [0.717, 1.165) is 15.4 Å². The molecule has 1 unspecified atom stereocenters. The number of amides is 1. The van der Waals surface area contributed by atoms with Crippen LogP contribution in [-0.4, -0.2) is 50.7 Å². The maximum atomic E-state index is 12.7. The predicted octanol–water partition coefficient (Wildman–Crippen LogP) is 3.01. The topological polar surface area (TPSA) is 69.7 Å². The van der Waals surface area contributed by atoms with Crippen molar-refractivity contribution in [3.8, 4) is 0 Å². The van der Waals surface area contributed by atoms with Crippen molar-refractivity contribution in [2.45, 2.75) is 38.3 Å². The van der Waals surface area contributed by atoms with E-state index < -0.39 is 10.0 Å². The standard InChI is InChI=1S/C21H29N3O3S/c1-15-7-10-18(11-8-15)14-24(6)17(3)21(25)22-20-13-19(12-9-16(20)2)28(26,27)23(4)5/h7-13,17H,14H2,1-6H3,(H,22,25). The highest BCUT2D eigenvalue weighted by molar-refractivity contribution is 7.89. The Bertz CT molecular complexity index is 938. The Morgan fingerprint density at radius 1 is 1.04 bits per heavy atom. The van der Waals surface area contributed by atoms with Crippen molar-refractivity contribution in [1.82, 2.24) is 9.21 Å². The lowest BCUT2D eigenvalue weighted by Gasteiger charge is -2.24. The molecule has 152 valence electrons. The number of carbonyl (C=O) groups is 1. The first-order valence-corrected chi connectivity index (χ1v) is 10.6. The van der Waals surface area contributed by atoms with Gasteiger partial charge in [0.15, 0.2) is 0 Å². The monoisotopic (exact) mass is 403 g/mol. The number of sulfonamides is 1. The number of nitrogens with zero attached hydrogens (tertiary/aromatic N) is 2. The van der Waals surface area contributed by atoms with Crippen molar-refractivity contribution in [2.75, 3.05) is 26.5 Å². The average Bonchev–Trinajstić information content (AvgIpc) is 2.64. The van der Waals surface area contributed by atoms with Gasteiger partial charge >= 0.3 is 0 Å². The number of rotatable bonds is 7. The third-order valence-corrected chi connectivity index (χ3v) is 6.65. The van der Waals surface area contributed by atoms with Gasteiger partial charge in [-0.05, 0) is 51.1 Å². The molecule has 7 heteroatoms. The minimum atomic E-state index is -3.56. The summed E-state index contributed by atoms with van der Waals surface area (Å²) < 4.78 is 25.9. The number of carbonyl (C=O) groups excluding carboxylic acids is 1. The van der Waals surface area contributed by atoms with Crippen molar-refractivity contribution in [1.29, 1.82) is 0 Å². The Kier molecular flexibility index (Phi) is 6.98. The molecule has 28 heavy (non-hydrogen) atoms. The fourth-order valence-corrected chi connectivity index (χ4v) is 3.59. The molecule has 2 aromatic carbocycles. The van der Waals surface area contributed by atoms with Gasteiger partial charge in [-0.25, -0.2) is 12.7 Å². The molecule has 1 atom stereocenters. The van der Waals surface area contributed by atoms with Crippen molar-refractivity contribution >= 4 is 21.6 Å². The van der Waals surface area contributed by atoms with E-state index in [4.69, 9.17) is 0 Å². The third kappa shape index (κ3) is 5.19. The Morgan fingerprint density at radius 2 is 1.64 bits per heavy atom. The van der Waals surface area contributed by atoms with Crippen LogP contribution in [0.4, 0.5) is 5.69 Å². The predicted molar refractivity (Wildman–Crippen MR) is 113 cm³/mol. The quantitative estimate of drug-likeness (QED) is 0.772. The highest BCUT2D eigenvalue weighted by Crippen LogP contribution is 2.22. The fraction of sp³-hybridized carbons (Fsp3) is 0.381. The number of anilines is 1. The summed E-state index contributed by atoms with van der Waals surface area (Å²) in [6.45, 7) is 6.35. The summed E-state index contributed by atoms with van der Waals surface area (Å²) in [4.78, 5) is 14.8. The highest BCUT2D eigenvalue weighted by Gasteiger charge is 2.21. The molecule has 0 bridgehead atoms. The molecule has 2 rings (SSSR count). The zero-order chi connectivity index (χ0) is 21.1. The molecular weight excluding hydrogens is 374 g/mol. The summed E-state index contributed by atoms with van der Waals surface area (Å²) in [6.07, 6.45) is 0. The van der Waals surface area contributed by atoms with E-state index in [1.165, 1.54) is 25.7 Å². The molecule has 0 saturated heterocycles. The fourth-order valence-electron chi connectivity index (χ4n) is 2.66. The Hall–Kier alpha value is -2.22. The SMILES string of the molecule is Cc1ccc(CN(C)C(C)C(=O)Nc2cc(S(=O)(=O)N(C)C)ccc2C)cc1. The van der Waals surface area contributed by atoms with E-state index in [-0.39, 0.29) is 16.8 Å². The molecular formula is C21H29N3O3S. The van der Waals surface area contributed by atoms with Gasteiger partial charge in [-0.3, -0.25) is 9.69 Å². The number of likely N-dealkylation sites (N-methyl/N-ethyl adjacent to an activating group) is 1. The van der Waals surface area contributed by atoms with Crippen LogP contribution < -0.4 is 5.32 Å². The summed E-state index contributed by atoms with van der Waals surface area (Å²) >= 11 is 0. The van der Waals surface area contributed by atoms with Crippen molar-refractivity contribution in [3.63, 3.8) is 0 Å². The molecule has 0 aromatic heterocycles. The molecule has 0 aliphatic carbocycles. The second-order valence-corrected chi connectivity index (χ2v) is 9.48. The second kappa shape index (κ2) is 8.86. The maximum absolute atomic E-state index is 12.7. The van der Waals surface area contributed by atoms with Gasteiger partial charge in [0.25, 0.3) is 0 Å². The lowest BCUT2D eigenvalue weighted by atomic mass is 10.1. The van der Waals surface area contributed by atoms with Crippen LogP contribution in [0.25, 0.3) is 0 Å². The summed E-state index contributed by atoms with van der Waals surface area (Å²) in [7, 11) is 1.29. The molecule has 1 N–H and O–H groups in total. The van der Waals surface area contributed by atoms with Crippen LogP contribution in [0.15, 0.2) is 47.4 Å². The van der Waals surface area contributed by atoms with Crippen LogP contribution in [0, 0.1) is 13.8 Å². The third-order valence-electron chi connectivity index (χ3n) is 4.84. The Morgan fingerprint density at radius 3 is 2.21 bits per heavy atom. The summed E-state index contributed by atoms with van der Waals surface area (Å²) in [6, 6.07) is 12.6. The van der Waals surface area contributed by atoms with Crippen molar-refractivity contribution in [3.05, 3.63) is 59.2 Å². The van der Waals surface area contributed by atoms with Crippen LogP contribution in [0.2, 0.25) is 0 Å². The number of hydrogen-bond acceptors (Lipinski definition) is 4. The minimum Gasteiger partial charge on any atom is -0.324 e. The van der Waals surface area contributed by atoms with Crippen LogP contribution in [0.3, 0.4) is 0 Å².